The number of guanidine groups is 1. The van der Waals surface area contributed by atoms with E-state index in [-0.39, 0.29) is 11.8 Å². The SMILES string of the molecule is CCNC(=NCc1ccccc1CS(=O)(=O)NC(C)C)NC(C)CC. The normalized spacial score (nSPS) is 13.8. The second-order valence-electron chi connectivity index (χ2n) is 6.45. The first-order valence-electron chi connectivity index (χ1n) is 8.89. The summed E-state index contributed by atoms with van der Waals surface area (Å²) in [5, 5.41) is 6.56. The summed E-state index contributed by atoms with van der Waals surface area (Å²) in [6.45, 7) is 11.1. The molecule has 3 N–H and O–H groups in total. The fraction of sp³-hybridized carbons (Fsp3) is 0.611. The molecule has 0 radical (unpaired) electrons. The van der Waals surface area contributed by atoms with Crippen LogP contribution in [0.5, 0.6) is 0 Å². The highest BCUT2D eigenvalue weighted by Crippen LogP contribution is 2.13. The summed E-state index contributed by atoms with van der Waals surface area (Å²) in [5.41, 5.74) is 1.69. The van der Waals surface area contributed by atoms with Gasteiger partial charge in [-0.3, -0.25) is 0 Å². The number of nitrogens with zero attached hydrogens (tertiary/aromatic N) is 1. The third kappa shape index (κ3) is 8.36. The summed E-state index contributed by atoms with van der Waals surface area (Å²) < 4.78 is 27.1. The number of sulfonamides is 1. The lowest BCUT2D eigenvalue weighted by molar-refractivity contribution is 0.569. The second-order valence-corrected chi connectivity index (χ2v) is 8.20. The van der Waals surface area contributed by atoms with Crippen molar-refractivity contribution in [1.29, 1.82) is 0 Å². The molecule has 25 heavy (non-hydrogen) atoms. The maximum Gasteiger partial charge on any atom is 0.216 e. The Morgan fingerprint density at radius 2 is 1.76 bits per heavy atom. The molecule has 142 valence electrons. The van der Waals surface area contributed by atoms with Crippen molar-refractivity contribution in [3.8, 4) is 0 Å². The Morgan fingerprint density at radius 3 is 2.32 bits per heavy atom. The number of nitrogens with one attached hydrogen (secondary N) is 3. The molecule has 1 aromatic rings. The molecule has 0 spiro atoms. The highest BCUT2D eigenvalue weighted by Gasteiger charge is 2.15. The molecule has 0 aliphatic heterocycles. The fourth-order valence-electron chi connectivity index (χ4n) is 2.28. The van der Waals surface area contributed by atoms with Gasteiger partial charge in [-0.05, 0) is 45.2 Å². The van der Waals surface area contributed by atoms with E-state index in [0.29, 0.717) is 12.6 Å². The van der Waals surface area contributed by atoms with Crippen LogP contribution in [0, 0.1) is 0 Å². The summed E-state index contributed by atoms with van der Waals surface area (Å²) in [7, 11) is -3.36. The van der Waals surface area contributed by atoms with Gasteiger partial charge in [0.05, 0.1) is 12.3 Å². The van der Waals surface area contributed by atoms with Gasteiger partial charge in [0, 0.05) is 18.6 Å². The van der Waals surface area contributed by atoms with Gasteiger partial charge in [-0.25, -0.2) is 18.1 Å². The fourth-order valence-corrected chi connectivity index (χ4v) is 3.77. The van der Waals surface area contributed by atoms with Crippen molar-refractivity contribution in [2.75, 3.05) is 6.54 Å². The average molecular weight is 369 g/mol. The van der Waals surface area contributed by atoms with E-state index in [1.54, 1.807) is 0 Å². The van der Waals surface area contributed by atoms with Crippen LogP contribution >= 0.6 is 0 Å². The number of benzene rings is 1. The van der Waals surface area contributed by atoms with Crippen molar-refractivity contribution in [3.63, 3.8) is 0 Å². The number of rotatable bonds is 9. The van der Waals surface area contributed by atoms with Crippen molar-refractivity contribution in [1.82, 2.24) is 15.4 Å². The van der Waals surface area contributed by atoms with Crippen LogP contribution in [0.15, 0.2) is 29.3 Å². The van der Waals surface area contributed by atoms with Crippen LogP contribution in [0.4, 0.5) is 0 Å². The van der Waals surface area contributed by atoms with E-state index in [9.17, 15) is 8.42 Å². The maximum atomic E-state index is 12.2. The summed E-state index contributed by atoms with van der Waals surface area (Å²) >= 11 is 0. The predicted octanol–water partition coefficient (Wildman–Crippen LogP) is 2.37. The molecule has 1 unspecified atom stereocenters. The zero-order valence-corrected chi connectivity index (χ0v) is 16.8. The van der Waals surface area contributed by atoms with Crippen LogP contribution < -0.4 is 15.4 Å². The Balaban J connectivity index is 2.93. The maximum absolute atomic E-state index is 12.2. The lowest BCUT2D eigenvalue weighted by Gasteiger charge is -2.16. The smallest absolute Gasteiger partial charge is 0.216 e. The van der Waals surface area contributed by atoms with Crippen LogP contribution in [0.3, 0.4) is 0 Å². The van der Waals surface area contributed by atoms with Crippen LogP contribution in [0.2, 0.25) is 0 Å². The van der Waals surface area contributed by atoms with Crippen molar-refractivity contribution < 1.29 is 8.42 Å². The zero-order valence-electron chi connectivity index (χ0n) is 16.0. The van der Waals surface area contributed by atoms with Crippen LogP contribution in [0.25, 0.3) is 0 Å². The van der Waals surface area contributed by atoms with E-state index in [0.717, 1.165) is 30.1 Å². The molecule has 0 aromatic heterocycles. The Labute approximate surface area is 152 Å². The second kappa shape index (κ2) is 10.4. The molecule has 0 heterocycles. The molecule has 0 saturated heterocycles. The van der Waals surface area contributed by atoms with E-state index in [4.69, 9.17) is 0 Å². The minimum absolute atomic E-state index is 0.0355. The van der Waals surface area contributed by atoms with Crippen LogP contribution in [0.1, 0.15) is 52.2 Å². The third-order valence-electron chi connectivity index (χ3n) is 3.63. The van der Waals surface area contributed by atoms with Crippen LogP contribution in [-0.4, -0.2) is 33.0 Å². The lowest BCUT2D eigenvalue weighted by Crippen LogP contribution is -2.42. The molecular weight excluding hydrogens is 336 g/mol. The molecule has 1 atom stereocenters. The summed E-state index contributed by atoms with van der Waals surface area (Å²) in [6.07, 6.45) is 1.00. The van der Waals surface area contributed by atoms with Crippen molar-refractivity contribution in [2.45, 2.75) is 65.4 Å². The first-order chi connectivity index (χ1) is 11.8. The van der Waals surface area contributed by atoms with Gasteiger partial charge in [0.15, 0.2) is 5.96 Å². The van der Waals surface area contributed by atoms with E-state index < -0.39 is 10.0 Å². The molecule has 6 nitrogen and oxygen atoms in total. The van der Waals surface area contributed by atoms with Gasteiger partial charge in [0.1, 0.15) is 0 Å². The largest absolute Gasteiger partial charge is 0.357 e. The first kappa shape index (κ1) is 21.4. The highest BCUT2D eigenvalue weighted by atomic mass is 32.2. The topological polar surface area (TPSA) is 82.6 Å². The number of hydrogen-bond acceptors (Lipinski definition) is 3. The Hall–Kier alpha value is -1.60. The van der Waals surface area contributed by atoms with E-state index >= 15 is 0 Å². The molecule has 7 heteroatoms. The van der Waals surface area contributed by atoms with Gasteiger partial charge in [0.2, 0.25) is 10.0 Å². The molecule has 0 aliphatic carbocycles. The van der Waals surface area contributed by atoms with Gasteiger partial charge >= 0.3 is 0 Å². The van der Waals surface area contributed by atoms with Crippen molar-refractivity contribution in [2.24, 2.45) is 4.99 Å². The van der Waals surface area contributed by atoms with Gasteiger partial charge in [0.25, 0.3) is 0 Å². The summed E-state index contributed by atoms with van der Waals surface area (Å²) in [4.78, 5) is 4.60. The van der Waals surface area contributed by atoms with Crippen molar-refractivity contribution in [3.05, 3.63) is 35.4 Å². The minimum atomic E-state index is -3.36. The lowest BCUT2D eigenvalue weighted by atomic mass is 10.1. The highest BCUT2D eigenvalue weighted by molar-refractivity contribution is 7.88. The molecule has 1 rings (SSSR count). The van der Waals surface area contributed by atoms with E-state index in [1.807, 2.05) is 45.0 Å². The molecule has 0 amide bonds. The van der Waals surface area contributed by atoms with Gasteiger partial charge in [-0.1, -0.05) is 31.2 Å². The van der Waals surface area contributed by atoms with Crippen molar-refractivity contribution >= 4 is 16.0 Å². The summed E-state index contributed by atoms with van der Waals surface area (Å²) in [6, 6.07) is 7.75. The number of hydrogen-bond donors (Lipinski definition) is 3. The average Bonchev–Trinajstić information content (AvgIpc) is 2.52. The molecule has 0 aliphatic rings. The van der Waals surface area contributed by atoms with E-state index in [1.165, 1.54) is 0 Å². The van der Waals surface area contributed by atoms with Gasteiger partial charge in [-0.2, -0.15) is 0 Å². The number of aliphatic imine (C=N–C) groups is 1. The predicted molar refractivity (Wildman–Crippen MR) is 105 cm³/mol. The third-order valence-corrected chi connectivity index (χ3v) is 5.15. The standard InChI is InChI=1S/C18H32N4O2S/c1-6-15(5)21-18(19-7-2)20-12-16-10-8-9-11-17(16)13-25(23,24)22-14(3)4/h8-11,14-15,22H,6-7,12-13H2,1-5H3,(H2,19,20,21). The Kier molecular flexibility index (Phi) is 8.92. The minimum Gasteiger partial charge on any atom is -0.357 e. The van der Waals surface area contributed by atoms with E-state index in [2.05, 4.69) is 34.2 Å². The first-order valence-corrected chi connectivity index (χ1v) is 10.5. The Bertz CT molecular complexity index is 657. The van der Waals surface area contributed by atoms with Crippen LogP contribution in [-0.2, 0) is 22.3 Å². The Morgan fingerprint density at radius 1 is 1.12 bits per heavy atom. The molecule has 0 bridgehead atoms. The monoisotopic (exact) mass is 368 g/mol. The molecule has 0 saturated carbocycles. The molecule has 1 aromatic carbocycles. The van der Waals surface area contributed by atoms with Gasteiger partial charge < -0.3 is 10.6 Å². The quantitative estimate of drug-likeness (QED) is 0.462. The van der Waals surface area contributed by atoms with Gasteiger partial charge in [-0.15, -0.1) is 0 Å². The molecular formula is C18H32N4O2S. The molecule has 0 fully saturated rings. The summed E-state index contributed by atoms with van der Waals surface area (Å²) in [5.74, 6) is 0.710. The zero-order chi connectivity index (χ0) is 18.9.